The SMILES string of the molecule is CCc1ccc(C(NC)C(C)Sc2nncn2C)cc1. The van der Waals surface area contributed by atoms with Crippen LogP contribution in [-0.4, -0.2) is 27.1 Å². The summed E-state index contributed by atoms with van der Waals surface area (Å²) in [5, 5.41) is 12.8. The smallest absolute Gasteiger partial charge is 0.191 e. The van der Waals surface area contributed by atoms with Crippen molar-refractivity contribution in [1.29, 1.82) is 0 Å². The fraction of sp³-hybridized carbons (Fsp3) is 0.467. The van der Waals surface area contributed by atoms with Gasteiger partial charge in [-0.3, -0.25) is 0 Å². The summed E-state index contributed by atoms with van der Waals surface area (Å²) in [6.07, 6.45) is 2.81. The summed E-state index contributed by atoms with van der Waals surface area (Å²) >= 11 is 1.74. The van der Waals surface area contributed by atoms with Crippen molar-refractivity contribution in [2.45, 2.75) is 36.7 Å². The second kappa shape index (κ2) is 6.90. The van der Waals surface area contributed by atoms with E-state index < -0.39 is 0 Å². The highest BCUT2D eigenvalue weighted by molar-refractivity contribution is 7.99. The summed E-state index contributed by atoms with van der Waals surface area (Å²) in [5.74, 6) is 0. The Morgan fingerprint density at radius 1 is 1.30 bits per heavy atom. The second-order valence-electron chi connectivity index (χ2n) is 4.91. The maximum atomic E-state index is 4.14. The van der Waals surface area contributed by atoms with Crippen LogP contribution in [0.1, 0.15) is 31.0 Å². The Labute approximate surface area is 125 Å². The molecule has 0 aliphatic rings. The van der Waals surface area contributed by atoms with Gasteiger partial charge in [-0.15, -0.1) is 10.2 Å². The molecule has 0 fully saturated rings. The minimum absolute atomic E-state index is 0.294. The first-order valence-corrected chi connectivity index (χ1v) is 7.80. The average Bonchev–Trinajstić information content (AvgIpc) is 2.86. The molecule has 2 aromatic rings. The van der Waals surface area contributed by atoms with E-state index >= 15 is 0 Å². The number of hydrogen-bond acceptors (Lipinski definition) is 4. The van der Waals surface area contributed by atoms with Crippen molar-refractivity contribution in [2.75, 3.05) is 7.05 Å². The zero-order valence-electron chi connectivity index (χ0n) is 12.5. The molecule has 0 spiro atoms. The zero-order valence-corrected chi connectivity index (χ0v) is 13.3. The lowest BCUT2D eigenvalue weighted by molar-refractivity contribution is 0.586. The van der Waals surface area contributed by atoms with E-state index in [9.17, 15) is 0 Å². The molecule has 0 radical (unpaired) electrons. The number of aryl methyl sites for hydroxylation is 2. The van der Waals surface area contributed by atoms with Crippen LogP contribution in [0.15, 0.2) is 35.7 Å². The number of nitrogens with one attached hydrogen (secondary N) is 1. The molecule has 0 aliphatic carbocycles. The topological polar surface area (TPSA) is 42.7 Å². The van der Waals surface area contributed by atoms with E-state index in [0.717, 1.165) is 11.6 Å². The summed E-state index contributed by atoms with van der Waals surface area (Å²) < 4.78 is 1.95. The standard InChI is InChI=1S/C15H22N4S/c1-5-12-6-8-13(9-7-12)14(16-3)11(2)20-15-18-17-10-19(15)4/h6-11,14,16H,5H2,1-4H3. The number of nitrogens with zero attached hydrogens (tertiary/aromatic N) is 3. The fourth-order valence-electron chi connectivity index (χ4n) is 2.25. The molecule has 2 rings (SSSR count). The van der Waals surface area contributed by atoms with Crippen molar-refractivity contribution in [3.05, 3.63) is 41.7 Å². The fourth-order valence-corrected chi connectivity index (χ4v) is 3.32. The van der Waals surface area contributed by atoms with E-state index in [-0.39, 0.29) is 0 Å². The van der Waals surface area contributed by atoms with Crippen LogP contribution in [0.4, 0.5) is 0 Å². The summed E-state index contributed by atoms with van der Waals surface area (Å²) in [6.45, 7) is 4.39. The molecule has 2 atom stereocenters. The quantitative estimate of drug-likeness (QED) is 0.831. The van der Waals surface area contributed by atoms with E-state index in [2.05, 4.69) is 53.6 Å². The molecule has 0 saturated carbocycles. The first-order chi connectivity index (χ1) is 9.65. The number of benzene rings is 1. The lowest BCUT2D eigenvalue weighted by Gasteiger charge is -2.23. The number of rotatable bonds is 6. The van der Waals surface area contributed by atoms with Gasteiger partial charge in [0.25, 0.3) is 0 Å². The van der Waals surface area contributed by atoms with Crippen LogP contribution in [0.5, 0.6) is 0 Å². The zero-order chi connectivity index (χ0) is 14.5. The highest BCUT2D eigenvalue weighted by Crippen LogP contribution is 2.30. The molecule has 0 aliphatic heterocycles. The first kappa shape index (κ1) is 15.1. The number of aromatic nitrogens is 3. The molecule has 1 N–H and O–H groups in total. The maximum Gasteiger partial charge on any atom is 0.191 e. The molecule has 1 aromatic heterocycles. The molecule has 2 unspecified atom stereocenters. The second-order valence-corrected chi connectivity index (χ2v) is 6.25. The molecule has 4 nitrogen and oxygen atoms in total. The third-order valence-corrected chi connectivity index (χ3v) is 4.71. The van der Waals surface area contributed by atoms with Crippen molar-refractivity contribution < 1.29 is 0 Å². The van der Waals surface area contributed by atoms with Gasteiger partial charge in [-0.25, -0.2) is 0 Å². The molecular weight excluding hydrogens is 268 g/mol. The van der Waals surface area contributed by atoms with Crippen molar-refractivity contribution in [1.82, 2.24) is 20.1 Å². The predicted octanol–water partition coefficient (Wildman–Crippen LogP) is 2.82. The minimum Gasteiger partial charge on any atom is -0.312 e. The summed E-state index contributed by atoms with van der Waals surface area (Å²) in [7, 11) is 3.98. The van der Waals surface area contributed by atoms with Crippen LogP contribution in [-0.2, 0) is 13.5 Å². The largest absolute Gasteiger partial charge is 0.312 e. The predicted molar refractivity (Wildman–Crippen MR) is 83.9 cm³/mol. The van der Waals surface area contributed by atoms with Crippen molar-refractivity contribution in [2.24, 2.45) is 7.05 Å². The molecule has 5 heteroatoms. The molecule has 0 bridgehead atoms. The van der Waals surface area contributed by atoms with Gasteiger partial charge in [0.1, 0.15) is 6.33 Å². The molecule has 20 heavy (non-hydrogen) atoms. The van der Waals surface area contributed by atoms with E-state index in [1.54, 1.807) is 18.1 Å². The monoisotopic (exact) mass is 290 g/mol. The molecule has 0 saturated heterocycles. The van der Waals surface area contributed by atoms with Gasteiger partial charge in [0.2, 0.25) is 0 Å². The Kier molecular flexibility index (Phi) is 5.20. The van der Waals surface area contributed by atoms with Crippen molar-refractivity contribution >= 4 is 11.8 Å². The van der Waals surface area contributed by atoms with Crippen LogP contribution in [0.25, 0.3) is 0 Å². The van der Waals surface area contributed by atoms with Gasteiger partial charge in [0.15, 0.2) is 5.16 Å². The number of hydrogen-bond donors (Lipinski definition) is 1. The van der Waals surface area contributed by atoms with Crippen LogP contribution in [0.3, 0.4) is 0 Å². The van der Waals surface area contributed by atoms with Gasteiger partial charge in [-0.05, 0) is 24.6 Å². The van der Waals surface area contributed by atoms with Gasteiger partial charge < -0.3 is 9.88 Å². The lowest BCUT2D eigenvalue weighted by atomic mass is 10.0. The molecule has 0 amide bonds. The summed E-state index contributed by atoms with van der Waals surface area (Å²) in [4.78, 5) is 0. The summed E-state index contributed by atoms with van der Waals surface area (Å²) in [6, 6.07) is 9.14. The van der Waals surface area contributed by atoms with Crippen LogP contribution in [0, 0.1) is 0 Å². The van der Waals surface area contributed by atoms with E-state index in [4.69, 9.17) is 0 Å². The van der Waals surface area contributed by atoms with Crippen LogP contribution < -0.4 is 5.32 Å². The minimum atomic E-state index is 0.294. The van der Waals surface area contributed by atoms with Gasteiger partial charge >= 0.3 is 0 Å². The van der Waals surface area contributed by atoms with E-state index in [1.165, 1.54) is 11.1 Å². The van der Waals surface area contributed by atoms with Crippen molar-refractivity contribution in [3.63, 3.8) is 0 Å². The summed E-state index contributed by atoms with van der Waals surface area (Å²) in [5.41, 5.74) is 2.68. The third kappa shape index (κ3) is 3.41. The Balaban J connectivity index is 2.12. The Bertz CT molecular complexity index is 535. The Hall–Kier alpha value is -1.33. The van der Waals surface area contributed by atoms with Gasteiger partial charge in [-0.1, -0.05) is 49.9 Å². The normalized spacial score (nSPS) is 14.2. The van der Waals surface area contributed by atoms with E-state index in [1.807, 2.05) is 18.7 Å². The Morgan fingerprint density at radius 2 is 2.00 bits per heavy atom. The molecule has 1 aromatic carbocycles. The first-order valence-electron chi connectivity index (χ1n) is 6.92. The van der Waals surface area contributed by atoms with Gasteiger partial charge in [-0.2, -0.15) is 0 Å². The Morgan fingerprint density at radius 3 is 2.50 bits per heavy atom. The number of thioether (sulfide) groups is 1. The van der Waals surface area contributed by atoms with Crippen LogP contribution in [0.2, 0.25) is 0 Å². The van der Waals surface area contributed by atoms with E-state index in [0.29, 0.717) is 11.3 Å². The molecular formula is C15H22N4S. The van der Waals surface area contributed by atoms with Crippen LogP contribution >= 0.6 is 11.8 Å². The third-order valence-electron chi connectivity index (χ3n) is 3.49. The highest BCUT2D eigenvalue weighted by Gasteiger charge is 2.20. The molecule has 108 valence electrons. The maximum absolute atomic E-state index is 4.14. The van der Waals surface area contributed by atoms with Gasteiger partial charge in [0.05, 0.1) is 0 Å². The highest BCUT2D eigenvalue weighted by atomic mass is 32.2. The van der Waals surface area contributed by atoms with Gasteiger partial charge in [0, 0.05) is 18.3 Å². The average molecular weight is 290 g/mol. The molecule has 1 heterocycles. The van der Waals surface area contributed by atoms with Crippen molar-refractivity contribution in [3.8, 4) is 0 Å². The lowest BCUT2D eigenvalue weighted by Crippen LogP contribution is -2.25.